The quantitative estimate of drug-likeness (QED) is 0.0570. The first-order chi connectivity index (χ1) is 19.4. The molecule has 41 heavy (non-hydrogen) atoms. The number of rotatable bonds is 5. The van der Waals surface area contributed by atoms with Crippen molar-refractivity contribution in [1.29, 1.82) is 0 Å². The number of benzene rings is 5. The Morgan fingerprint density at radius 1 is 0.683 bits per heavy atom. The molecule has 208 valence electrons. The molecule has 0 heterocycles. The summed E-state index contributed by atoms with van der Waals surface area (Å²) >= 11 is 13.7. The Kier molecular flexibility index (Phi) is 9.14. The van der Waals surface area contributed by atoms with Gasteiger partial charge in [0.2, 0.25) is 0 Å². The highest BCUT2D eigenvalue weighted by Crippen LogP contribution is 2.40. The van der Waals surface area contributed by atoms with E-state index in [4.69, 9.17) is 9.47 Å². The van der Waals surface area contributed by atoms with E-state index >= 15 is 0 Å². The fourth-order valence-corrected chi connectivity index (χ4v) is 10.8. The molecule has 0 N–H and O–H groups in total. The lowest BCUT2D eigenvalue weighted by Gasteiger charge is -2.17. The van der Waals surface area contributed by atoms with Crippen molar-refractivity contribution in [3.63, 3.8) is 0 Å². The summed E-state index contributed by atoms with van der Waals surface area (Å²) in [5, 5.41) is 1.98. The molecule has 5 aromatic rings. The molecule has 0 aliphatic heterocycles. The Labute approximate surface area is 286 Å². The molecule has 5 rings (SSSR count). The summed E-state index contributed by atoms with van der Waals surface area (Å²) in [6, 6.07) is 20.1. The molecule has 0 aliphatic carbocycles. The summed E-state index contributed by atoms with van der Waals surface area (Å²) < 4.78 is 48.8. The number of carbonyl (C=O) groups is 2. The van der Waals surface area contributed by atoms with Crippen LogP contribution in [0, 0.1) is 7.14 Å². The number of halogens is 5. The van der Waals surface area contributed by atoms with Crippen molar-refractivity contribution in [3.8, 4) is 11.5 Å². The molecule has 0 fully saturated rings. The maximum atomic E-state index is 13.7. The molecular weight excluding hydrogens is 974 g/mol. The Morgan fingerprint density at radius 3 is 1.59 bits per heavy atom. The van der Waals surface area contributed by atoms with E-state index in [1.165, 1.54) is 12.1 Å². The Hall–Kier alpha value is -1.63. The van der Waals surface area contributed by atoms with Crippen LogP contribution in [0.15, 0.2) is 91.1 Å². The fraction of sp³-hybridized carbons (Fsp3) is 0. The highest BCUT2D eigenvalue weighted by Gasteiger charge is 2.25. The maximum Gasteiger partial charge on any atom is 0.345 e. The van der Waals surface area contributed by atoms with Crippen LogP contribution in [0.3, 0.4) is 0 Å². The van der Waals surface area contributed by atoms with Crippen LogP contribution < -0.4 is 9.47 Å². The second-order valence-electron chi connectivity index (χ2n) is 8.49. The third kappa shape index (κ3) is 6.21. The van der Waals surface area contributed by atoms with Crippen LogP contribution in [0.2, 0.25) is 0 Å². The van der Waals surface area contributed by atoms with Gasteiger partial charge in [0, 0.05) is 42.1 Å². The van der Waals surface area contributed by atoms with Gasteiger partial charge in [0.15, 0.2) is 0 Å². The zero-order valence-electron chi connectivity index (χ0n) is 20.1. The van der Waals surface area contributed by atoms with Crippen molar-refractivity contribution in [3.05, 3.63) is 104 Å². The van der Waals surface area contributed by atoms with E-state index in [1.807, 2.05) is 0 Å². The van der Waals surface area contributed by atoms with Crippen molar-refractivity contribution in [2.45, 2.75) is 4.90 Å². The zero-order valence-corrected chi connectivity index (χ0v) is 30.0. The summed E-state index contributed by atoms with van der Waals surface area (Å²) in [7, 11) is -4.72. The van der Waals surface area contributed by atoms with Gasteiger partial charge in [-0.2, -0.15) is 0 Å². The van der Waals surface area contributed by atoms with Gasteiger partial charge in [0.1, 0.15) is 21.6 Å². The van der Waals surface area contributed by atoms with Crippen LogP contribution in [-0.2, 0) is 10.1 Å². The van der Waals surface area contributed by atoms with Gasteiger partial charge in [-0.05, 0) is 101 Å². The summed E-state index contributed by atoms with van der Waals surface area (Å²) in [5.41, 5.74) is 0.519. The summed E-state index contributed by atoms with van der Waals surface area (Å²) in [4.78, 5) is 26.7. The van der Waals surface area contributed by atoms with Gasteiger partial charge in [-0.1, -0.05) is 64.5 Å². The van der Waals surface area contributed by atoms with Crippen LogP contribution in [0.5, 0.6) is 11.5 Å². The monoisotopic (exact) mass is 983 g/mol. The minimum absolute atomic E-state index is 0.0739. The molecule has 0 aromatic heterocycles. The average molecular weight is 986 g/mol. The Bertz CT molecular complexity index is 1930. The normalized spacial score (nSPS) is 11.6. The predicted octanol–water partition coefficient (Wildman–Crippen LogP) is 8.83. The second kappa shape index (κ2) is 12.2. The molecule has 0 saturated heterocycles. The van der Waals surface area contributed by atoms with E-state index in [9.17, 15) is 22.6 Å². The Balaban J connectivity index is 1.64. The number of ether oxygens (including phenoxy) is 2. The van der Waals surface area contributed by atoms with Gasteiger partial charge in [-0.3, -0.25) is 0 Å². The van der Waals surface area contributed by atoms with Gasteiger partial charge in [0.25, 0.3) is 0 Å². The van der Waals surface area contributed by atoms with Crippen LogP contribution in [0.4, 0.5) is 0 Å². The van der Waals surface area contributed by atoms with E-state index in [2.05, 4.69) is 47.8 Å². The van der Waals surface area contributed by atoms with Gasteiger partial charge in [-0.15, -0.1) is 0 Å². The first-order valence-electron chi connectivity index (χ1n) is 11.3. The van der Waals surface area contributed by atoms with E-state index in [-0.39, 0.29) is 34.7 Å². The number of hydrogen-bond acceptors (Lipinski definition) is 7. The largest absolute Gasteiger partial charge is 0.744 e. The molecule has 7 nitrogen and oxygen atoms in total. The highest BCUT2D eigenvalue weighted by atomic mass is 127. The molecular formula is C28H12Br3I2O7S-. The minimum Gasteiger partial charge on any atom is -0.744 e. The van der Waals surface area contributed by atoms with Crippen LogP contribution in [-0.4, -0.2) is 24.9 Å². The SMILES string of the molecule is O=C(Oc1c2ccccc2c(C(=O)Oc2cc(I)c(S(=O)(=O)[O-])c(I)c2)c2ccccc12)c1c(Br)cc(Br)cc1Br. The summed E-state index contributed by atoms with van der Waals surface area (Å²) in [6.45, 7) is 0. The molecule has 0 atom stereocenters. The van der Waals surface area contributed by atoms with Crippen molar-refractivity contribution in [2.24, 2.45) is 0 Å². The number of esters is 2. The standard InChI is InChI=1S/C28H13Br3I2O7S/c29-13-9-19(30)24(20(31)10-13)28(35)40-25-17-7-3-1-5-15(17)23(16-6-2-4-8-18(16)25)27(34)39-14-11-21(32)26(22(33)12-14)41(36,37)38/h1-12H,(H,36,37,38)/p-1. The molecule has 0 bridgehead atoms. The van der Waals surface area contributed by atoms with E-state index < -0.39 is 22.1 Å². The van der Waals surface area contributed by atoms with Gasteiger partial charge in [0.05, 0.1) is 16.0 Å². The van der Waals surface area contributed by atoms with Crippen molar-refractivity contribution in [1.82, 2.24) is 0 Å². The molecule has 0 spiro atoms. The molecule has 0 aliphatic rings. The predicted molar refractivity (Wildman–Crippen MR) is 181 cm³/mol. The van der Waals surface area contributed by atoms with Crippen LogP contribution in [0.1, 0.15) is 20.7 Å². The number of carbonyl (C=O) groups excluding carboxylic acids is 2. The Morgan fingerprint density at radius 2 is 1.12 bits per heavy atom. The zero-order chi connectivity index (χ0) is 29.6. The van der Waals surface area contributed by atoms with Crippen LogP contribution >= 0.6 is 93.0 Å². The minimum atomic E-state index is -4.72. The lowest BCUT2D eigenvalue weighted by atomic mass is 9.95. The first kappa shape index (κ1) is 30.8. The van der Waals surface area contributed by atoms with E-state index in [0.717, 1.165) is 4.47 Å². The smallest absolute Gasteiger partial charge is 0.345 e. The van der Waals surface area contributed by atoms with Crippen LogP contribution in [0.25, 0.3) is 21.5 Å². The van der Waals surface area contributed by atoms with Gasteiger partial charge < -0.3 is 14.0 Å². The number of hydrogen-bond donors (Lipinski definition) is 0. The molecule has 0 unspecified atom stereocenters. The van der Waals surface area contributed by atoms with Crippen molar-refractivity contribution in [2.75, 3.05) is 0 Å². The molecule has 13 heteroatoms. The lowest BCUT2D eigenvalue weighted by Crippen LogP contribution is -2.14. The van der Waals surface area contributed by atoms with Crippen molar-refractivity contribution < 1.29 is 32.0 Å². The third-order valence-corrected chi connectivity index (χ3v) is 11.0. The lowest BCUT2D eigenvalue weighted by molar-refractivity contribution is 0.0731. The van der Waals surface area contributed by atoms with Crippen molar-refractivity contribution >= 4 is 137 Å². The van der Waals surface area contributed by atoms with E-state index in [0.29, 0.717) is 30.5 Å². The maximum absolute atomic E-state index is 13.7. The molecule has 5 aromatic carbocycles. The summed E-state index contributed by atoms with van der Waals surface area (Å²) in [6.07, 6.45) is 0. The average Bonchev–Trinajstić information content (AvgIpc) is 2.86. The molecule has 0 saturated carbocycles. The highest BCUT2D eigenvalue weighted by molar-refractivity contribution is 14.1. The topological polar surface area (TPSA) is 110 Å². The number of fused-ring (bicyclic) bond motifs is 2. The van der Waals surface area contributed by atoms with Gasteiger partial charge >= 0.3 is 11.9 Å². The molecule has 0 radical (unpaired) electrons. The van der Waals surface area contributed by atoms with E-state index in [1.54, 1.807) is 106 Å². The molecule has 0 amide bonds. The first-order valence-corrected chi connectivity index (χ1v) is 17.3. The second-order valence-corrected chi connectivity index (χ2v) is 14.8. The summed E-state index contributed by atoms with van der Waals surface area (Å²) in [5.74, 6) is -0.976. The fourth-order valence-electron chi connectivity index (χ4n) is 4.29. The van der Waals surface area contributed by atoms with Gasteiger partial charge in [-0.25, -0.2) is 18.0 Å². The third-order valence-electron chi connectivity index (χ3n) is 5.92.